The van der Waals surface area contributed by atoms with Crippen LogP contribution in [-0.2, 0) is 22.4 Å². The molecule has 2 amide bonds. The van der Waals surface area contributed by atoms with Gasteiger partial charge in [0.1, 0.15) is 5.00 Å². The summed E-state index contributed by atoms with van der Waals surface area (Å²) in [7, 11) is 0. The minimum absolute atomic E-state index is 0.0284. The molecular formula is C14H18N2O4S. The molecule has 1 aliphatic rings. The van der Waals surface area contributed by atoms with Crippen molar-refractivity contribution in [1.29, 1.82) is 0 Å². The Labute approximate surface area is 126 Å². The normalized spacial score (nSPS) is 12.8. The summed E-state index contributed by atoms with van der Waals surface area (Å²) in [4.78, 5) is 35.2. The van der Waals surface area contributed by atoms with Crippen molar-refractivity contribution in [2.45, 2.75) is 39.0 Å². The van der Waals surface area contributed by atoms with Gasteiger partial charge in [0.25, 0.3) is 5.91 Å². The first-order valence-electron chi connectivity index (χ1n) is 6.91. The predicted molar refractivity (Wildman–Crippen MR) is 79.9 cm³/mol. The lowest BCUT2D eigenvalue weighted by Crippen LogP contribution is -2.26. The summed E-state index contributed by atoms with van der Waals surface area (Å²) >= 11 is 1.46. The van der Waals surface area contributed by atoms with Gasteiger partial charge in [-0.2, -0.15) is 0 Å². The maximum atomic E-state index is 12.3. The van der Waals surface area contributed by atoms with Gasteiger partial charge in [-0.05, 0) is 31.2 Å². The topological polar surface area (TPSA) is 95.5 Å². The van der Waals surface area contributed by atoms with Crippen molar-refractivity contribution in [2.24, 2.45) is 0 Å². The summed E-state index contributed by atoms with van der Waals surface area (Å²) in [5.74, 6) is -1.31. The van der Waals surface area contributed by atoms with E-state index in [4.69, 9.17) is 5.11 Å². The van der Waals surface area contributed by atoms with Crippen LogP contribution in [0.2, 0.25) is 0 Å². The molecule has 0 radical (unpaired) electrons. The number of carboxylic acids is 1. The molecule has 1 heterocycles. The summed E-state index contributed by atoms with van der Waals surface area (Å²) in [5.41, 5.74) is 1.58. The first-order chi connectivity index (χ1) is 9.99. The molecule has 0 unspecified atom stereocenters. The number of amides is 2. The van der Waals surface area contributed by atoms with Crippen molar-refractivity contribution in [3.05, 3.63) is 16.0 Å². The van der Waals surface area contributed by atoms with Gasteiger partial charge in [-0.1, -0.05) is 0 Å². The lowest BCUT2D eigenvalue weighted by atomic mass is 10.1. The van der Waals surface area contributed by atoms with E-state index in [1.54, 1.807) is 0 Å². The minimum atomic E-state index is -0.875. The van der Waals surface area contributed by atoms with Crippen LogP contribution in [0.1, 0.15) is 47.0 Å². The maximum Gasteiger partial charge on any atom is 0.303 e. The van der Waals surface area contributed by atoms with Crippen LogP contribution < -0.4 is 10.6 Å². The van der Waals surface area contributed by atoms with E-state index in [1.165, 1.54) is 18.3 Å². The van der Waals surface area contributed by atoms with Gasteiger partial charge in [-0.15, -0.1) is 11.3 Å². The Bertz CT molecular complexity index is 580. The monoisotopic (exact) mass is 310 g/mol. The number of carbonyl (C=O) groups excluding carboxylic acids is 2. The Morgan fingerprint density at radius 1 is 1.29 bits per heavy atom. The molecule has 0 aromatic carbocycles. The first kappa shape index (κ1) is 15.5. The van der Waals surface area contributed by atoms with Gasteiger partial charge in [0.2, 0.25) is 5.91 Å². The number of thiophene rings is 1. The highest BCUT2D eigenvalue weighted by atomic mass is 32.1. The molecule has 6 nitrogen and oxygen atoms in total. The summed E-state index contributed by atoms with van der Waals surface area (Å²) in [6, 6.07) is 0. The quantitative estimate of drug-likeness (QED) is 0.698. The molecule has 0 aliphatic heterocycles. The molecule has 1 aliphatic carbocycles. The highest BCUT2D eigenvalue weighted by Crippen LogP contribution is 2.39. The average Bonchev–Trinajstić information content (AvgIpc) is 2.93. The summed E-state index contributed by atoms with van der Waals surface area (Å²) < 4.78 is 0. The van der Waals surface area contributed by atoms with E-state index in [0.29, 0.717) is 23.5 Å². The van der Waals surface area contributed by atoms with Crippen molar-refractivity contribution in [3.8, 4) is 0 Å². The number of carbonyl (C=O) groups is 3. The molecule has 7 heteroatoms. The number of fused-ring (bicyclic) bond motifs is 1. The molecule has 0 fully saturated rings. The molecule has 0 spiro atoms. The van der Waals surface area contributed by atoms with Crippen LogP contribution in [0.4, 0.5) is 5.00 Å². The van der Waals surface area contributed by atoms with E-state index in [1.807, 2.05) is 0 Å². The third-order valence-corrected chi connectivity index (χ3v) is 4.50. The number of hydrogen-bond donors (Lipinski definition) is 3. The van der Waals surface area contributed by atoms with Crippen LogP contribution >= 0.6 is 11.3 Å². The number of aryl methyl sites for hydroxylation is 1. The summed E-state index contributed by atoms with van der Waals surface area (Å²) in [5, 5.41) is 14.6. The summed E-state index contributed by atoms with van der Waals surface area (Å²) in [6.45, 7) is 1.73. The van der Waals surface area contributed by atoms with E-state index in [9.17, 15) is 14.4 Å². The smallest absolute Gasteiger partial charge is 0.303 e. The van der Waals surface area contributed by atoms with Gasteiger partial charge in [0, 0.05) is 24.8 Å². The molecule has 0 saturated carbocycles. The Morgan fingerprint density at radius 3 is 2.71 bits per heavy atom. The largest absolute Gasteiger partial charge is 0.481 e. The van der Waals surface area contributed by atoms with Gasteiger partial charge in [-0.3, -0.25) is 14.4 Å². The molecule has 0 atom stereocenters. The van der Waals surface area contributed by atoms with E-state index in [-0.39, 0.29) is 18.2 Å². The van der Waals surface area contributed by atoms with E-state index in [2.05, 4.69) is 10.6 Å². The zero-order chi connectivity index (χ0) is 15.4. The van der Waals surface area contributed by atoms with Crippen molar-refractivity contribution in [1.82, 2.24) is 5.32 Å². The Hall–Kier alpha value is -1.89. The number of hydrogen-bond acceptors (Lipinski definition) is 4. The molecule has 2 rings (SSSR count). The zero-order valence-corrected chi connectivity index (χ0v) is 12.6. The molecule has 114 valence electrons. The number of carboxylic acid groups (broad SMARTS) is 1. The number of nitrogens with one attached hydrogen (secondary N) is 2. The highest BCUT2D eigenvalue weighted by molar-refractivity contribution is 7.17. The van der Waals surface area contributed by atoms with Crippen molar-refractivity contribution >= 4 is 34.1 Å². The van der Waals surface area contributed by atoms with Crippen molar-refractivity contribution < 1.29 is 19.5 Å². The molecule has 21 heavy (non-hydrogen) atoms. The lowest BCUT2D eigenvalue weighted by Gasteiger charge is -2.08. The fourth-order valence-corrected chi connectivity index (χ4v) is 3.76. The number of anilines is 1. The van der Waals surface area contributed by atoms with Gasteiger partial charge in [0.05, 0.1) is 5.56 Å². The molecule has 0 saturated heterocycles. The standard InChI is InChI=1S/C14H18N2O4S/c1-8(17)16-14-12(9-4-2-5-10(9)21-14)13(20)15-7-3-6-11(18)19/h2-7H2,1H3,(H,15,20)(H,16,17)(H,18,19). The van der Waals surface area contributed by atoms with Crippen LogP contribution in [0.3, 0.4) is 0 Å². The predicted octanol–water partition coefficient (Wildman–Crippen LogP) is 1.79. The third-order valence-electron chi connectivity index (χ3n) is 3.29. The fraction of sp³-hybridized carbons (Fsp3) is 0.500. The van der Waals surface area contributed by atoms with Crippen LogP contribution in [0, 0.1) is 0 Å². The van der Waals surface area contributed by atoms with Crippen molar-refractivity contribution in [2.75, 3.05) is 11.9 Å². The fourth-order valence-electron chi connectivity index (χ4n) is 2.42. The molecule has 3 N–H and O–H groups in total. The first-order valence-corrected chi connectivity index (χ1v) is 7.72. The van der Waals surface area contributed by atoms with Crippen LogP contribution in [0.25, 0.3) is 0 Å². The molecule has 0 bridgehead atoms. The second-order valence-corrected chi connectivity index (χ2v) is 6.10. The minimum Gasteiger partial charge on any atom is -0.481 e. The maximum absolute atomic E-state index is 12.3. The lowest BCUT2D eigenvalue weighted by molar-refractivity contribution is -0.137. The van der Waals surface area contributed by atoms with Crippen LogP contribution in [0.15, 0.2) is 0 Å². The Morgan fingerprint density at radius 2 is 2.05 bits per heavy atom. The molecule has 1 aromatic rings. The van der Waals surface area contributed by atoms with Gasteiger partial charge >= 0.3 is 5.97 Å². The van der Waals surface area contributed by atoms with E-state index >= 15 is 0 Å². The van der Waals surface area contributed by atoms with Gasteiger partial charge in [0.15, 0.2) is 0 Å². The van der Waals surface area contributed by atoms with Gasteiger partial charge < -0.3 is 15.7 Å². The second-order valence-electron chi connectivity index (χ2n) is 5.00. The SMILES string of the molecule is CC(=O)Nc1sc2c(c1C(=O)NCCCC(=O)O)CCC2. The number of rotatable bonds is 6. The zero-order valence-electron chi connectivity index (χ0n) is 11.8. The number of aliphatic carboxylic acids is 1. The van der Waals surface area contributed by atoms with Crippen molar-refractivity contribution in [3.63, 3.8) is 0 Å². The second kappa shape index (κ2) is 6.71. The van der Waals surface area contributed by atoms with Crippen LogP contribution in [-0.4, -0.2) is 29.4 Å². The van der Waals surface area contributed by atoms with Gasteiger partial charge in [-0.25, -0.2) is 0 Å². The highest BCUT2D eigenvalue weighted by Gasteiger charge is 2.26. The van der Waals surface area contributed by atoms with E-state index < -0.39 is 5.97 Å². The summed E-state index contributed by atoms with van der Waals surface area (Å²) in [6.07, 6.45) is 3.24. The van der Waals surface area contributed by atoms with E-state index in [0.717, 1.165) is 29.7 Å². The molecule has 1 aromatic heterocycles. The average molecular weight is 310 g/mol. The molecular weight excluding hydrogens is 292 g/mol. The third kappa shape index (κ3) is 3.81. The van der Waals surface area contributed by atoms with Crippen LogP contribution in [0.5, 0.6) is 0 Å². The Kier molecular flexibility index (Phi) is 4.95. The Balaban J connectivity index is 2.08.